The molecule has 0 unspecified atom stereocenters. The second-order valence-corrected chi connectivity index (χ2v) is 14.6. The Kier molecular flexibility index (Phi) is 24.3. The standard InChI is InChI=1S/2C24H29NO5.Ca/c2*1-3-30-24(29)17(2)15-21(25-22(26)13-14-23(27)28)16-18-9-11-20(12-10-18)19-7-5-4-6-8-19;/h2*4-12,17,21H,3,13-16H2,1-2H3,(H,25,26)(H,27,28);/q;;+2/p-1/t2*17-,21+;/m11./s1. The number of hydrogen-bond donors (Lipinski definition) is 3. The summed E-state index contributed by atoms with van der Waals surface area (Å²) >= 11 is 0. The van der Waals surface area contributed by atoms with E-state index in [1.165, 1.54) is 0 Å². The zero-order chi connectivity index (χ0) is 43.9. The zero-order valence-electron chi connectivity index (χ0n) is 35.6. The molecule has 0 aliphatic heterocycles. The molecule has 0 aromatic heterocycles. The average Bonchev–Trinajstić information content (AvgIpc) is 3.23. The summed E-state index contributed by atoms with van der Waals surface area (Å²) in [5, 5.41) is 25.1. The number of hydrogen-bond acceptors (Lipinski definition) is 9. The number of carboxylic acids is 2. The van der Waals surface area contributed by atoms with Crippen molar-refractivity contribution in [1.29, 1.82) is 0 Å². The molecule has 4 rings (SSSR count). The Hall–Kier alpha value is -5.04. The third-order valence-corrected chi connectivity index (χ3v) is 9.59. The first-order chi connectivity index (χ1) is 28.8. The van der Waals surface area contributed by atoms with Crippen LogP contribution in [0.3, 0.4) is 0 Å². The maximum Gasteiger partial charge on any atom is 2.00 e. The number of nitrogens with one attached hydrogen (secondary N) is 2. The van der Waals surface area contributed by atoms with Crippen molar-refractivity contribution in [2.24, 2.45) is 11.8 Å². The van der Waals surface area contributed by atoms with Crippen LogP contribution >= 0.6 is 0 Å². The molecule has 4 atom stereocenters. The summed E-state index contributed by atoms with van der Waals surface area (Å²) in [5.41, 5.74) is 6.46. The van der Waals surface area contributed by atoms with Crippen LogP contribution in [0.1, 0.15) is 77.3 Å². The van der Waals surface area contributed by atoms with Gasteiger partial charge in [-0.1, -0.05) is 123 Å². The quantitative estimate of drug-likeness (QED) is 0.0629. The Morgan fingerprint density at radius 2 is 0.885 bits per heavy atom. The van der Waals surface area contributed by atoms with E-state index >= 15 is 0 Å². The predicted molar refractivity (Wildman–Crippen MR) is 233 cm³/mol. The van der Waals surface area contributed by atoms with Crippen LogP contribution in [0.4, 0.5) is 0 Å². The first kappa shape index (κ1) is 52.1. The molecule has 12 nitrogen and oxygen atoms in total. The van der Waals surface area contributed by atoms with E-state index in [9.17, 15) is 33.9 Å². The van der Waals surface area contributed by atoms with Gasteiger partial charge in [-0.3, -0.25) is 24.0 Å². The molecule has 0 bridgehead atoms. The average molecular weight is 862 g/mol. The van der Waals surface area contributed by atoms with Gasteiger partial charge in [0, 0.05) is 30.9 Å². The van der Waals surface area contributed by atoms with Crippen molar-refractivity contribution >= 4 is 73.4 Å². The van der Waals surface area contributed by atoms with Gasteiger partial charge in [0.05, 0.1) is 31.5 Å². The summed E-state index contributed by atoms with van der Waals surface area (Å²) in [7, 11) is 0. The fourth-order valence-electron chi connectivity index (χ4n) is 6.53. The summed E-state index contributed by atoms with van der Waals surface area (Å²) < 4.78 is 10.1. The molecular formula is C48H57CaN2O10+. The SMILES string of the molecule is CCOC(=O)[C@H](C)C[C@@H](Cc1ccc(-c2ccccc2)cc1)NC(=O)CCC(=O)O.CCOC(=O)[C@H](C)C[C@@H](Cc1ccc(-c2ccccc2)cc1)NC(=O)CCC(=O)[O-].[Ca+2]. The van der Waals surface area contributed by atoms with E-state index in [2.05, 4.69) is 10.6 Å². The molecule has 0 spiro atoms. The van der Waals surface area contributed by atoms with Gasteiger partial charge in [0.1, 0.15) is 0 Å². The fraction of sp³-hybridized carbons (Fsp3) is 0.375. The van der Waals surface area contributed by atoms with Crippen molar-refractivity contribution in [1.82, 2.24) is 10.6 Å². The minimum absolute atomic E-state index is 0. The van der Waals surface area contributed by atoms with Crippen molar-refractivity contribution in [3.05, 3.63) is 120 Å². The first-order valence-electron chi connectivity index (χ1n) is 20.4. The van der Waals surface area contributed by atoms with E-state index in [4.69, 9.17) is 14.6 Å². The maximum absolute atomic E-state index is 12.2. The van der Waals surface area contributed by atoms with Gasteiger partial charge in [0.25, 0.3) is 0 Å². The summed E-state index contributed by atoms with van der Waals surface area (Å²) in [4.78, 5) is 69.7. The second-order valence-electron chi connectivity index (χ2n) is 14.6. The summed E-state index contributed by atoms with van der Waals surface area (Å²) in [5.74, 6) is -4.37. The molecule has 0 aliphatic carbocycles. The second kappa shape index (κ2) is 28.5. The van der Waals surface area contributed by atoms with Gasteiger partial charge in [0.15, 0.2) is 0 Å². The molecule has 0 heterocycles. The van der Waals surface area contributed by atoms with Crippen LogP contribution in [0.5, 0.6) is 0 Å². The van der Waals surface area contributed by atoms with Crippen LogP contribution in [0.25, 0.3) is 22.3 Å². The number of rotatable bonds is 22. The number of carbonyl (C=O) groups is 6. The predicted octanol–water partition coefficient (Wildman–Crippen LogP) is 5.95. The van der Waals surface area contributed by atoms with E-state index in [0.29, 0.717) is 38.9 Å². The Balaban J connectivity index is 0.000000413. The molecule has 4 aromatic rings. The number of carbonyl (C=O) groups excluding carboxylic acids is 5. The molecule has 0 radical (unpaired) electrons. The van der Waals surface area contributed by atoms with Crippen LogP contribution in [-0.2, 0) is 51.1 Å². The molecule has 0 saturated heterocycles. The number of benzene rings is 4. The van der Waals surface area contributed by atoms with Gasteiger partial charge in [-0.15, -0.1) is 0 Å². The van der Waals surface area contributed by atoms with Gasteiger partial charge >= 0.3 is 55.6 Å². The smallest absolute Gasteiger partial charge is 0.550 e. The van der Waals surface area contributed by atoms with Crippen molar-refractivity contribution < 1.29 is 48.5 Å². The largest absolute Gasteiger partial charge is 2.00 e. The maximum atomic E-state index is 12.2. The number of esters is 2. The van der Waals surface area contributed by atoms with E-state index in [1.54, 1.807) is 27.7 Å². The Labute approximate surface area is 388 Å². The molecule has 3 N–H and O–H groups in total. The minimum atomic E-state index is -1.27. The van der Waals surface area contributed by atoms with Gasteiger partial charge in [-0.2, -0.15) is 0 Å². The van der Waals surface area contributed by atoms with E-state index in [0.717, 1.165) is 33.4 Å². The molecule has 61 heavy (non-hydrogen) atoms. The summed E-state index contributed by atoms with van der Waals surface area (Å²) in [6.45, 7) is 7.64. The number of ether oxygens (including phenoxy) is 2. The molecule has 0 saturated carbocycles. The van der Waals surface area contributed by atoms with Crippen LogP contribution < -0.4 is 15.7 Å². The Morgan fingerprint density at radius 1 is 0.541 bits per heavy atom. The summed E-state index contributed by atoms with van der Waals surface area (Å²) in [6, 6.07) is 35.5. The molecule has 4 aromatic carbocycles. The van der Waals surface area contributed by atoms with E-state index in [1.807, 2.05) is 109 Å². The van der Waals surface area contributed by atoms with E-state index in [-0.39, 0.29) is 111 Å². The molecule has 0 aliphatic rings. The van der Waals surface area contributed by atoms with Gasteiger partial charge in [-0.05, 0) is 79.3 Å². The number of amides is 2. The van der Waals surface area contributed by atoms with Crippen LogP contribution in [0, 0.1) is 11.8 Å². The van der Waals surface area contributed by atoms with Crippen molar-refractivity contribution in [2.45, 2.75) is 91.1 Å². The van der Waals surface area contributed by atoms with Gasteiger partial charge in [0.2, 0.25) is 11.8 Å². The van der Waals surface area contributed by atoms with Crippen LogP contribution in [0.2, 0.25) is 0 Å². The molecule has 320 valence electrons. The molecule has 13 heteroatoms. The Bertz CT molecular complexity index is 1820. The third kappa shape index (κ3) is 20.4. The van der Waals surface area contributed by atoms with Gasteiger partial charge in [-0.25, -0.2) is 0 Å². The minimum Gasteiger partial charge on any atom is -0.550 e. The number of carboxylic acid groups (broad SMARTS) is 2. The van der Waals surface area contributed by atoms with Crippen molar-refractivity contribution in [3.8, 4) is 22.3 Å². The normalized spacial score (nSPS) is 12.4. The topological polar surface area (TPSA) is 188 Å². The van der Waals surface area contributed by atoms with Gasteiger partial charge < -0.3 is 35.1 Å². The molecule has 2 amide bonds. The molecule has 0 fully saturated rings. The summed E-state index contributed by atoms with van der Waals surface area (Å²) in [6.07, 6.45) is 1.07. The third-order valence-electron chi connectivity index (χ3n) is 9.59. The number of aliphatic carboxylic acids is 2. The molecular weight excluding hydrogens is 805 g/mol. The van der Waals surface area contributed by atoms with Crippen molar-refractivity contribution in [3.63, 3.8) is 0 Å². The Morgan fingerprint density at radius 3 is 1.21 bits per heavy atom. The van der Waals surface area contributed by atoms with E-state index < -0.39 is 11.9 Å². The first-order valence-corrected chi connectivity index (χ1v) is 20.4. The zero-order valence-corrected chi connectivity index (χ0v) is 37.8. The fourth-order valence-corrected chi connectivity index (χ4v) is 6.53. The monoisotopic (exact) mass is 861 g/mol. The van der Waals surface area contributed by atoms with Crippen LogP contribution in [-0.4, -0.2) is 104 Å². The van der Waals surface area contributed by atoms with Crippen LogP contribution in [0.15, 0.2) is 109 Å². The van der Waals surface area contributed by atoms with Crippen molar-refractivity contribution in [2.75, 3.05) is 13.2 Å².